The Kier molecular flexibility index (Phi) is 8.04. The Morgan fingerprint density at radius 2 is 1.68 bits per heavy atom. The van der Waals surface area contributed by atoms with Crippen molar-refractivity contribution < 1.29 is 13.2 Å². The molecule has 0 radical (unpaired) electrons. The molecule has 0 aliphatic heterocycles. The van der Waals surface area contributed by atoms with Gasteiger partial charge in [-0.2, -0.15) is 0 Å². The van der Waals surface area contributed by atoms with Crippen LogP contribution in [0, 0.1) is 5.92 Å². The highest BCUT2D eigenvalue weighted by Gasteiger charge is 2.26. The van der Waals surface area contributed by atoms with E-state index in [0.29, 0.717) is 17.7 Å². The molecular weight excluding hydrogens is 396 g/mol. The molecular formula is C21H27ClN2O3S. The van der Waals surface area contributed by atoms with Crippen molar-refractivity contribution >= 4 is 33.8 Å². The van der Waals surface area contributed by atoms with E-state index in [-0.39, 0.29) is 41.8 Å². The van der Waals surface area contributed by atoms with Crippen LogP contribution in [-0.4, -0.2) is 20.4 Å². The summed E-state index contributed by atoms with van der Waals surface area (Å²) in [6.07, 6.45) is 3.46. The van der Waals surface area contributed by atoms with Crippen LogP contribution in [0.1, 0.15) is 36.8 Å². The van der Waals surface area contributed by atoms with E-state index in [1.165, 1.54) is 0 Å². The molecule has 1 aliphatic carbocycles. The third-order valence-corrected chi connectivity index (χ3v) is 6.54. The third-order valence-electron chi connectivity index (χ3n) is 4.99. The van der Waals surface area contributed by atoms with Gasteiger partial charge in [0.1, 0.15) is 0 Å². The lowest BCUT2D eigenvalue weighted by Gasteiger charge is -2.15. The van der Waals surface area contributed by atoms with Gasteiger partial charge in [0.2, 0.25) is 5.91 Å². The van der Waals surface area contributed by atoms with E-state index in [9.17, 15) is 13.2 Å². The normalized spacial score (nSPS) is 19.0. The van der Waals surface area contributed by atoms with Crippen LogP contribution in [0.5, 0.6) is 0 Å². The summed E-state index contributed by atoms with van der Waals surface area (Å²) in [5.74, 6) is 0.115. The van der Waals surface area contributed by atoms with Crippen LogP contribution in [0.25, 0.3) is 0 Å². The van der Waals surface area contributed by atoms with Crippen molar-refractivity contribution in [3.05, 3.63) is 65.7 Å². The highest BCUT2D eigenvalue weighted by atomic mass is 35.5. The van der Waals surface area contributed by atoms with E-state index in [0.717, 1.165) is 24.8 Å². The second-order valence-electron chi connectivity index (χ2n) is 7.33. The minimum absolute atomic E-state index is 0. The van der Waals surface area contributed by atoms with Gasteiger partial charge in [0.05, 0.1) is 11.5 Å². The fourth-order valence-corrected chi connectivity index (χ4v) is 5.13. The SMILES string of the molecule is Cl.N[C@@H]1CCC[C@H]1CC(=O)Nc1cccc(CS(=O)(=O)Cc2ccccc2)c1. The minimum atomic E-state index is -3.29. The molecule has 0 unspecified atom stereocenters. The lowest BCUT2D eigenvalue weighted by Crippen LogP contribution is -2.28. The Hall–Kier alpha value is -1.89. The number of nitrogens with one attached hydrogen (secondary N) is 1. The molecule has 0 aromatic heterocycles. The average molecular weight is 423 g/mol. The van der Waals surface area contributed by atoms with E-state index in [2.05, 4.69) is 5.32 Å². The van der Waals surface area contributed by atoms with Gasteiger partial charge in [-0.25, -0.2) is 8.42 Å². The summed E-state index contributed by atoms with van der Waals surface area (Å²) in [5.41, 5.74) is 8.10. The summed E-state index contributed by atoms with van der Waals surface area (Å²) in [6.45, 7) is 0. The van der Waals surface area contributed by atoms with Crippen LogP contribution in [0.15, 0.2) is 54.6 Å². The number of amides is 1. The van der Waals surface area contributed by atoms with Crippen LogP contribution < -0.4 is 11.1 Å². The monoisotopic (exact) mass is 422 g/mol. The number of anilines is 1. The van der Waals surface area contributed by atoms with Gasteiger partial charge in [0.25, 0.3) is 0 Å². The second-order valence-corrected chi connectivity index (χ2v) is 9.39. The third kappa shape index (κ3) is 6.62. The maximum Gasteiger partial charge on any atom is 0.224 e. The van der Waals surface area contributed by atoms with Crippen LogP contribution in [0.2, 0.25) is 0 Å². The zero-order valence-electron chi connectivity index (χ0n) is 15.7. The van der Waals surface area contributed by atoms with E-state index < -0.39 is 9.84 Å². The summed E-state index contributed by atoms with van der Waals surface area (Å²) in [6, 6.07) is 16.3. The molecule has 7 heteroatoms. The average Bonchev–Trinajstić information content (AvgIpc) is 3.00. The molecule has 0 bridgehead atoms. The van der Waals surface area contributed by atoms with Crippen LogP contribution in [-0.2, 0) is 26.1 Å². The fraction of sp³-hybridized carbons (Fsp3) is 0.381. The number of hydrogen-bond donors (Lipinski definition) is 2. The molecule has 2 aromatic rings. The zero-order chi connectivity index (χ0) is 19.3. The maximum atomic E-state index is 12.5. The van der Waals surface area contributed by atoms with Gasteiger partial charge in [-0.05, 0) is 42.0 Å². The van der Waals surface area contributed by atoms with Crippen LogP contribution in [0.4, 0.5) is 5.69 Å². The van der Waals surface area contributed by atoms with Gasteiger partial charge in [0, 0.05) is 18.2 Å². The first-order valence-corrected chi connectivity index (χ1v) is 11.1. The molecule has 0 saturated heterocycles. The summed E-state index contributed by atoms with van der Waals surface area (Å²) < 4.78 is 24.9. The number of carbonyl (C=O) groups is 1. The second kappa shape index (κ2) is 10.0. The largest absolute Gasteiger partial charge is 0.327 e. The molecule has 1 fully saturated rings. The quantitative estimate of drug-likeness (QED) is 0.712. The van der Waals surface area contributed by atoms with Crippen molar-refractivity contribution in [2.24, 2.45) is 11.7 Å². The number of hydrogen-bond acceptors (Lipinski definition) is 4. The molecule has 152 valence electrons. The van der Waals surface area contributed by atoms with Gasteiger partial charge in [-0.1, -0.05) is 48.9 Å². The summed E-state index contributed by atoms with van der Waals surface area (Å²) in [7, 11) is -3.29. The Morgan fingerprint density at radius 3 is 2.36 bits per heavy atom. The number of sulfone groups is 1. The molecule has 2 aromatic carbocycles. The van der Waals surface area contributed by atoms with Crippen molar-refractivity contribution in [1.82, 2.24) is 0 Å². The molecule has 1 aliphatic rings. The maximum absolute atomic E-state index is 12.5. The van der Waals surface area contributed by atoms with Crippen molar-refractivity contribution in [3.8, 4) is 0 Å². The van der Waals surface area contributed by atoms with Gasteiger partial charge < -0.3 is 11.1 Å². The van der Waals surface area contributed by atoms with E-state index >= 15 is 0 Å². The molecule has 0 spiro atoms. The molecule has 2 atom stereocenters. The Balaban J connectivity index is 0.00000280. The Morgan fingerprint density at radius 1 is 1.00 bits per heavy atom. The highest BCUT2D eigenvalue weighted by molar-refractivity contribution is 7.89. The minimum Gasteiger partial charge on any atom is -0.327 e. The Bertz CT molecular complexity index is 888. The fourth-order valence-electron chi connectivity index (χ4n) is 3.64. The molecule has 5 nitrogen and oxygen atoms in total. The van der Waals surface area contributed by atoms with Gasteiger partial charge in [-0.15, -0.1) is 12.4 Å². The molecule has 3 rings (SSSR count). The lowest BCUT2D eigenvalue weighted by atomic mass is 10.00. The first kappa shape index (κ1) is 22.4. The summed E-state index contributed by atoms with van der Waals surface area (Å²) in [5, 5.41) is 2.88. The van der Waals surface area contributed by atoms with Crippen LogP contribution in [0.3, 0.4) is 0 Å². The molecule has 1 saturated carbocycles. The summed E-state index contributed by atoms with van der Waals surface area (Å²) >= 11 is 0. The first-order chi connectivity index (χ1) is 12.9. The van der Waals surface area contributed by atoms with Gasteiger partial charge >= 0.3 is 0 Å². The van der Waals surface area contributed by atoms with E-state index in [1.54, 1.807) is 24.3 Å². The number of nitrogens with two attached hydrogens (primary N) is 1. The predicted octanol–water partition coefficient (Wildman–Crippen LogP) is 3.68. The first-order valence-electron chi connectivity index (χ1n) is 9.30. The van der Waals surface area contributed by atoms with Gasteiger partial charge in [-0.3, -0.25) is 4.79 Å². The summed E-state index contributed by atoms with van der Waals surface area (Å²) in [4.78, 5) is 12.3. The number of rotatable bonds is 7. The standard InChI is InChI=1S/C21H26N2O3S.ClH/c22-20-11-5-9-18(20)13-21(24)23-19-10-4-8-17(12-19)15-27(25,26)14-16-6-2-1-3-7-16;/h1-4,6-8,10,12,18,20H,5,9,11,13-15,22H2,(H,23,24);1H/t18-,20+;/m0./s1. The molecule has 0 heterocycles. The predicted molar refractivity (Wildman–Crippen MR) is 115 cm³/mol. The number of halogens is 1. The lowest BCUT2D eigenvalue weighted by molar-refractivity contribution is -0.117. The zero-order valence-corrected chi connectivity index (χ0v) is 17.3. The number of benzene rings is 2. The number of carbonyl (C=O) groups excluding carboxylic acids is 1. The van der Waals surface area contributed by atoms with Crippen molar-refractivity contribution in [2.75, 3.05) is 5.32 Å². The van der Waals surface area contributed by atoms with E-state index in [4.69, 9.17) is 5.73 Å². The topological polar surface area (TPSA) is 89.3 Å². The highest BCUT2D eigenvalue weighted by Crippen LogP contribution is 2.27. The Labute approximate surface area is 173 Å². The van der Waals surface area contributed by atoms with Crippen molar-refractivity contribution in [1.29, 1.82) is 0 Å². The van der Waals surface area contributed by atoms with Crippen LogP contribution >= 0.6 is 12.4 Å². The van der Waals surface area contributed by atoms with Crippen molar-refractivity contribution in [2.45, 2.75) is 43.2 Å². The molecule has 3 N–H and O–H groups in total. The smallest absolute Gasteiger partial charge is 0.224 e. The van der Waals surface area contributed by atoms with E-state index in [1.807, 2.05) is 30.3 Å². The molecule has 28 heavy (non-hydrogen) atoms. The van der Waals surface area contributed by atoms with Gasteiger partial charge in [0.15, 0.2) is 9.84 Å². The molecule has 1 amide bonds. The van der Waals surface area contributed by atoms with Crippen molar-refractivity contribution in [3.63, 3.8) is 0 Å².